The van der Waals surface area contributed by atoms with E-state index in [1.165, 1.54) is 0 Å². The Hall–Kier alpha value is -2.14. The molecule has 0 unspecified atom stereocenters. The zero-order valence-electron chi connectivity index (χ0n) is 9.39. The standard InChI is InChI=1S/C12H15N3O2/c1-14-11(12(13)17)8-9-2-4-10(5-3-9)15-6-7-16/h2-5,8,15-16H,1,6-7H2,(H2,13,17)/b11-8+. The molecule has 1 rings (SSSR count). The van der Waals surface area contributed by atoms with Crippen molar-refractivity contribution in [1.82, 2.24) is 0 Å². The van der Waals surface area contributed by atoms with Crippen LogP contribution < -0.4 is 11.1 Å². The van der Waals surface area contributed by atoms with Gasteiger partial charge in [-0.15, -0.1) is 0 Å². The van der Waals surface area contributed by atoms with Gasteiger partial charge in [0.1, 0.15) is 5.70 Å². The molecule has 0 saturated heterocycles. The van der Waals surface area contributed by atoms with E-state index in [4.69, 9.17) is 10.8 Å². The fourth-order valence-electron chi connectivity index (χ4n) is 1.25. The second-order valence-electron chi connectivity index (χ2n) is 3.32. The van der Waals surface area contributed by atoms with Crippen molar-refractivity contribution in [2.24, 2.45) is 10.7 Å². The van der Waals surface area contributed by atoms with Gasteiger partial charge in [-0.05, 0) is 30.5 Å². The van der Waals surface area contributed by atoms with Gasteiger partial charge in [-0.25, -0.2) is 0 Å². The molecule has 0 aromatic heterocycles. The highest BCUT2D eigenvalue weighted by Crippen LogP contribution is 2.12. The lowest BCUT2D eigenvalue weighted by Crippen LogP contribution is -2.12. The van der Waals surface area contributed by atoms with E-state index in [0.29, 0.717) is 6.54 Å². The molecule has 0 radical (unpaired) electrons. The Kier molecular flexibility index (Phi) is 4.90. The fourth-order valence-corrected chi connectivity index (χ4v) is 1.25. The van der Waals surface area contributed by atoms with E-state index in [1.807, 2.05) is 24.3 Å². The van der Waals surface area contributed by atoms with Gasteiger partial charge < -0.3 is 16.2 Å². The molecule has 1 amide bonds. The lowest BCUT2D eigenvalue weighted by molar-refractivity contribution is -0.114. The number of nitrogens with zero attached hydrogens (tertiary/aromatic N) is 1. The summed E-state index contributed by atoms with van der Waals surface area (Å²) in [5.41, 5.74) is 6.93. The van der Waals surface area contributed by atoms with Gasteiger partial charge >= 0.3 is 0 Å². The number of aliphatic imine (C=N–C) groups is 1. The van der Waals surface area contributed by atoms with Crippen LogP contribution >= 0.6 is 0 Å². The number of primary amides is 1. The molecule has 0 bridgehead atoms. The first-order valence-corrected chi connectivity index (χ1v) is 5.10. The molecular weight excluding hydrogens is 218 g/mol. The van der Waals surface area contributed by atoms with E-state index in [9.17, 15) is 4.79 Å². The molecule has 0 aliphatic carbocycles. The number of hydrogen-bond donors (Lipinski definition) is 3. The molecule has 17 heavy (non-hydrogen) atoms. The summed E-state index contributed by atoms with van der Waals surface area (Å²) in [6.45, 7) is 3.85. The van der Waals surface area contributed by atoms with Crippen LogP contribution in [0.2, 0.25) is 0 Å². The first-order valence-electron chi connectivity index (χ1n) is 5.10. The molecule has 0 spiro atoms. The van der Waals surface area contributed by atoms with Crippen molar-refractivity contribution in [2.75, 3.05) is 18.5 Å². The summed E-state index contributed by atoms with van der Waals surface area (Å²) < 4.78 is 0. The van der Waals surface area contributed by atoms with Crippen LogP contribution in [0.25, 0.3) is 6.08 Å². The van der Waals surface area contributed by atoms with Crippen LogP contribution in [0.5, 0.6) is 0 Å². The third-order valence-electron chi connectivity index (χ3n) is 2.08. The van der Waals surface area contributed by atoms with Crippen molar-refractivity contribution in [2.45, 2.75) is 0 Å². The molecule has 0 aliphatic heterocycles. The Labute approximate surface area is 99.7 Å². The van der Waals surface area contributed by atoms with Crippen molar-refractivity contribution in [3.8, 4) is 0 Å². The highest BCUT2D eigenvalue weighted by molar-refractivity contribution is 5.96. The van der Waals surface area contributed by atoms with Crippen LogP contribution in [0.4, 0.5) is 5.69 Å². The molecule has 5 nitrogen and oxygen atoms in total. The number of carbonyl (C=O) groups is 1. The van der Waals surface area contributed by atoms with E-state index >= 15 is 0 Å². The van der Waals surface area contributed by atoms with Crippen LogP contribution in [0.3, 0.4) is 0 Å². The van der Waals surface area contributed by atoms with Gasteiger partial charge in [-0.1, -0.05) is 12.1 Å². The maximum absolute atomic E-state index is 10.9. The summed E-state index contributed by atoms with van der Waals surface area (Å²) in [6.07, 6.45) is 1.56. The molecule has 0 heterocycles. The maximum atomic E-state index is 10.9. The zero-order chi connectivity index (χ0) is 12.7. The molecule has 0 atom stereocenters. The number of hydrogen-bond acceptors (Lipinski definition) is 4. The van der Waals surface area contributed by atoms with Crippen molar-refractivity contribution < 1.29 is 9.90 Å². The normalized spacial score (nSPS) is 11.0. The van der Waals surface area contributed by atoms with Gasteiger partial charge in [0.25, 0.3) is 5.91 Å². The van der Waals surface area contributed by atoms with Gasteiger partial charge in [0, 0.05) is 12.2 Å². The lowest BCUT2D eigenvalue weighted by atomic mass is 10.1. The van der Waals surface area contributed by atoms with E-state index in [1.54, 1.807) is 6.08 Å². The quantitative estimate of drug-likeness (QED) is 0.497. The Morgan fingerprint density at radius 3 is 2.59 bits per heavy atom. The molecule has 5 heteroatoms. The molecule has 4 N–H and O–H groups in total. The molecule has 1 aromatic rings. The summed E-state index contributed by atoms with van der Waals surface area (Å²) >= 11 is 0. The minimum atomic E-state index is -0.609. The van der Waals surface area contributed by atoms with Crippen molar-refractivity contribution in [3.63, 3.8) is 0 Å². The van der Waals surface area contributed by atoms with Gasteiger partial charge in [0.15, 0.2) is 0 Å². The van der Waals surface area contributed by atoms with Crippen LogP contribution in [0.1, 0.15) is 5.56 Å². The van der Waals surface area contributed by atoms with Gasteiger partial charge in [0.2, 0.25) is 0 Å². The maximum Gasteiger partial charge on any atom is 0.267 e. The summed E-state index contributed by atoms with van der Waals surface area (Å²) in [5.74, 6) is -0.609. The SMILES string of the molecule is C=N/C(=C/c1ccc(NCCO)cc1)C(N)=O. The second-order valence-corrected chi connectivity index (χ2v) is 3.32. The number of benzene rings is 1. The number of anilines is 1. The third-order valence-corrected chi connectivity index (χ3v) is 2.08. The van der Waals surface area contributed by atoms with Gasteiger partial charge in [0.05, 0.1) is 6.61 Å². The van der Waals surface area contributed by atoms with E-state index < -0.39 is 5.91 Å². The topological polar surface area (TPSA) is 87.7 Å². The Balaban J connectivity index is 2.80. The number of carbonyl (C=O) groups excluding carboxylic acids is 1. The summed E-state index contributed by atoms with van der Waals surface area (Å²) in [4.78, 5) is 14.5. The molecule has 0 saturated carbocycles. The number of nitrogens with two attached hydrogens (primary N) is 1. The van der Waals surface area contributed by atoms with Gasteiger partial charge in [-0.2, -0.15) is 0 Å². The van der Waals surface area contributed by atoms with Crippen molar-refractivity contribution in [1.29, 1.82) is 0 Å². The zero-order valence-corrected chi connectivity index (χ0v) is 9.39. The van der Waals surface area contributed by atoms with Crippen LogP contribution in [0, 0.1) is 0 Å². The molecule has 0 aliphatic rings. The number of nitrogens with one attached hydrogen (secondary N) is 1. The second kappa shape index (κ2) is 6.44. The fraction of sp³-hybridized carbons (Fsp3) is 0.167. The molecule has 1 aromatic carbocycles. The predicted octanol–water partition coefficient (Wildman–Crippen LogP) is 0.618. The number of aliphatic hydroxyl groups excluding tert-OH is 1. The first-order chi connectivity index (χ1) is 8.17. The molecule has 90 valence electrons. The Bertz CT molecular complexity index is 424. The van der Waals surface area contributed by atoms with E-state index in [-0.39, 0.29) is 12.3 Å². The highest BCUT2D eigenvalue weighted by atomic mass is 16.3. The lowest BCUT2D eigenvalue weighted by Gasteiger charge is -2.04. The number of rotatable bonds is 6. The van der Waals surface area contributed by atoms with Crippen LogP contribution in [0.15, 0.2) is 35.0 Å². The summed E-state index contributed by atoms with van der Waals surface area (Å²) in [5, 5.41) is 11.7. The monoisotopic (exact) mass is 233 g/mol. The average Bonchev–Trinajstić information content (AvgIpc) is 2.34. The van der Waals surface area contributed by atoms with Crippen molar-refractivity contribution >= 4 is 24.4 Å². The summed E-state index contributed by atoms with van der Waals surface area (Å²) in [7, 11) is 0. The number of aliphatic hydroxyl groups is 1. The van der Waals surface area contributed by atoms with Gasteiger partial charge in [-0.3, -0.25) is 9.79 Å². The van der Waals surface area contributed by atoms with Crippen molar-refractivity contribution in [3.05, 3.63) is 35.5 Å². The Morgan fingerprint density at radius 2 is 2.12 bits per heavy atom. The minimum absolute atomic E-state index is 0.0772. The number of amides is 1. The van der Waals surface area contributed by atoms with E-state index in [0.717, 1.165) is 11.3 Å². The average molecular weight is 233 g/mol. The molecule has 0 fully saturated rings. The smallest absolute Gasteiger partial charge is 0.267 e. The minimum Gasteiger partial charge on any atom is -0.395 e. The van der Waals surface area contributed by atoms with Crippen LogP contribution in [-0.4, -0.2) is 30.9 Å². The third kappa shape index (κ3) is 4.08. The predicted molar refractivity (Wildman–Crippen MR) is 68.7 cm³/mol. The molecular formula is C12H15N3O2. The van der Waals surface area contributed by atoms with Crippen LogP contribution in [-0.2, 0) is 4.79 Å². The van der Waals surface area contributed by atoms with E-state index in [2.05, 4.69) is 17.0 Å². The first kappa shape index (κ1) is 12.9. The summed E-state index contributed by atoms with van der Waals surface area (Å²) in [6, 6.07) is 7.30. The highest BCUT2D eigenvalue weighted by Gasteiger charge is 2.01. The Morgan fingerprint density at radius 1 is 1.47 bits per heavy atom. The largest absolute Gasteiger partial charge is 0.395 e.